The third-order valence-electron chi connectivity index (χ3n) is 3.09. The predicted octanol–water partition coefficient (Wildman–Crippen LogP) is 3.44. The molecule has 0 radical (unpaired) electrons. The Morgan fingerprint density at radius 3 is 2.63 bits per heavy atom. The maximum atomic E-state index is 12.3. The van der Waals surface area contributed by atoms with Crippen molar-refractivity contribution in [2.24, 2.45) is 5.41 Å². The molecule has 1 aromatic heterocycles. The minimum atomic E-state index is -0.104. The molecule has 5 heteroatoms. The topological polar surface area (TPSA) is 54.0 Å². The molecule has 0 spiro atoms. The van der Waals surface area contributed by atoms with Crippen LogP contribution in [-0.2, 0) is 0 Å². The zero-order valence-electron chi connectivity index (χ0n) is 12.2. The van der Waals surface area contributed by atoms with Gasteiger partial charge < -0.3 is 10.6 Å². The predicted molar refractivity (Wildman–Crippen MR) is 82.5 cm³/mol. The highest BCUT2D eigenvalue weighted by Gasteiger charge is 2.23. The van der Waals surface area contributed by atoms with Crippen LogP contribution in [0.2, 0.25) is 0 Å². The maximum absolute atomic E-state index is 12.3. The molecule has 1 atom stereocenters. The van der Waals surface area contributed by atoms with Crippen molar-refractivity contribution >= 4 is 27.7 Å². The van der Waals surface area contributed by atoms with Crippen LogP contribution in [0.1, 0.15) is 45.0 Å². The molecule has 0 saturated carbocycles. The van der Waals surface area contributed by atoms with Crippen molar-refractivity contribution in [2.75, 3.05) is 11.9 Å². The standard InChI is InChI=1S/C14H22BrN3O/c1-6-16-12-11(7-10(15)8-17-12)13(19)18-9(2)14(3,4)5/h7-9H,6H2,1-5H3,(H,16,17)(H,18,19). The lowest BCUT2D eigenvalue weighted by molar-refractivity contribution is 0.0910. The number of rotatable bonds is 4. The van der Waals surface area contributed by atoms with Gasteiger partial charge in [-0.05, 0) is 41.3 Å². The normalized spacial score (nSPS) is 12.9. The molecule has 1 aromatic rings. The Bertz CT molecular complexity index is 454. The summed E-state index contributed by atoms with van der Waals surface area (Å²) in [6, 6.07) is 1.86. The van der Waals surface area contributed by atoms with Gasteiger partial charge in [-0.2, -0.15) is 0 Å². The van der Waals surface area contributed by atoms with Gasteiger partial charge in [-0.1, -0.05) is 20.8 Å². The SMILES string of the molecule is CCNc1ncc(Br)cc1C(=O)NC(C)C(C)(C)C. The van der Waals surface area contributed by atoms with Crippen LogP contribution >= 0.6 is 15.9 Å². The van der Waals surface area contributed by atoms with E-state index in [1.807, 2.05) is 13.8 Å². The molecule has 0 aromatic carbocycles. The molecule has 1 rings (SSSR count). The van der Waals surface area contributed by atoms with E-state index in [0.717, 1.165) is 11.0 Å². The van der Waals surface area contributed by atoms with Gasteiger partial charge in [-0.15, -0.1) is 0 Å². The van der Waals surface area contributed by atoms with Crippen molar-refractivity contribution in [1.29, 1.82) is 0 Å². The lowest BCUT2D eigenvalue weighted by atomic mass is 9.88. The molecule has 0 aliphatic rings. The van der Waals surface area contributed by atoms with Crippen LogP contribution in [0, 0.1) is 5.41 Å². The molecule has 0 aliphatic heterocycles. The lowest BCUT2D eigenvalue weighted by Gasteiger charge is -2.28. The summed E-state index contributed by atoms with van der Waals surface area (Å²) >= 11 is 3.35. The summed E-state index contributed by atoms with van der Waals surface area (Å²) in [5.74, 6) is 0.511. The zero-order valence-corrected chi connectivity index (χ0v) is 13.8. The van der Waals surface area contributed by atoms with Crippen molar-refractivity contribution < 1.29 is 4.79 Å². The van der Waals surface area contributed by atoms with Gasteiger partial charge in [0.15, 0.2) is 0 Å². The fourth-order valence-corrected chi connectivity index (χ4v) is 1.74. The third-order valence-corrected chi connectivity index (χ3v) is 3.52. The van der Waals surface area contributed by atoms with Gasteiger partial charge in [0.05, 0.1) is 5.56 Å². The first kappa shape index (κ1) is 16.0. The number of hydrogen-bond donors (Lipinski definition) is 2. The summed E-state index contributed by atoms with van der Waals surface area (Å²) in [4.78, 5) is 16.6. The maximum Gasteiger partial charge on any atom is 0.255 e. The minimum absolute atomic E-state index is 0.0213. The molecule has 1 unspecified atom stereocenters. The van der Waals surface area contributed by atoms with Gasteiger partial charge in [0.25, 0.3) is 5.91 Å². The molecule has 0 saturated heterocycles. The lowest BCUT2D eigenvalue weighted by Crippen LogP contribution is -2.41. The van der Waals surface area contributed by atoms with Crippen LogP contribution in [0.25, 0.3) is 0 Å². The largest absolute Gasteiger partial charge is 0.370 e. The molecule has 0 bridgehead atoms. The number of nitrogens with zero attached hydrogens (tertiary/aromatic N) is 1. The Morgan fingerprint density at radius 1 is 1.47 bits per heavy atom. The number of pyridine rings is 1. The Balaban J connectivity index is 2.95. The summed E-state index contributed by atoms with van der Waals surface area (Å²) in [6.45, 7) is 11.0. The van der Waals surface area contributed by atoms with Crippen molar-refractivity contribution in [2.45, 2.75) is 40.7 Å². The number of amides is 1. The molecule has 19 heavy (non-hydrogen) atoms. The molecule has 4 nitrogen and oxygen atoms in total. The van der Waals surface area contributed by atoms with E-state index in [9.17, 15) is 4.79 Å². The summed E-state index contributed by atoms with van der Waals surface area (Å²) in [6.07, 6.45) is 1.68. The first-order chi connectivity index (χ1) is 8.75. The zero-order chi connectivity index (χ0) is 14.6. The van der Waals surface area contributed by atoms with E-state index >= 15 is 0 Å². The van der Waals surface area contributed by atoms with Gasteiger partial charge in [-0.25, -0.2) is 4.98 Å². The van der Waals surface area contributed by atoms with Crippen LogP contribution in [0.3, 0.4) is 0 Å². The number of halogens is 1. The number of hydrogen-bond acceptors (Lipinski definition) is 3. The highest BCUT2D eigenvalue weighted by molar-refractivity contribution is 9.10. The second-order valence-corrected chi connectivity index (χ2v) is 6.56. The average Bonchev–Trinajstić information content (AvgIpc) is 2.30. The fourth-order valence-electron chi connectivity index (χ4n) is 1.41. The molecule has 1 amide bonds. The van der Waals surface area contributed by atoms with Crippen LogP contribution in [0.4, 0.5) is 5.82 Å². The molecule has 2 N–H and O–H groups in total. The summed E-state index contributed by atoms with van der Waals surface area (Å²) < 4.78 is 0.794. The molecule has 106 valence electrons. The summed E-state index contributed by atoms with van der Waals surface area (Å²) in [7, 11) is 0. The Morgan fingerprint density at radius 2 is 2.11 bits per heavy atom. The number of anilines is 1. The average molecular weight is 328 g/mol. The van der Waals surface area contributed by atoms with E-state index in [4.69, 9.17) is 0 Å². The highest BCUT2D eigenvalue weighted by Crippen LogP contribution is 2.21. The number of carbonyl (C=O) groups excluding carboxylic acids is 1. The Kier molecular flexibility index (Phi) is 5.35. The molecule has 0 fully saturated rings. The second-order valence-electron chi connectivity index (χ2n) is 5.64. The van der Waals surface area contributed by atoms with Crippen molar-refractivity contribution in [3.8, 4) is 0 Å². The monoisotopic (exact) mass is 327 g/mol. The smallest absolute Gasteiger partial charge is 0.255 e. The van der Waals surface area contributed by atoms with Gasteiger partial charge in [-0.3, -0.25) is 4.79 Å². The van der Waals surface area contributed by atoms with Crippen molar-refractivity contribution in [1.82, 2.24) is 10.3 Å². The Labute approximate surface area is 123 Å². The van der Waals surface area contributed by atoms with E-state index in [2.05, 4.69) is 52.3 Å². The molecule has 0 aliphatic carbocycles. The third kappa shape index (κ3) is 4.49. The quantitative estimate of drug-likeness (QED) is 0.890. The summed E-state index contributed by atoms with van der Waals surface area (Å²) in [5, 5.41) is 6.13. The molecular weight excluding hydrogens is 306 g/mol. The Hall–Kier alpha value is -1.10. The number of carbonyl (C=O) groups is 1. The van der Waals surface area contributed by atoms with Gasteiger partial charge >= 0.3 is 0 Å². The van der Waals surface area contributed by atoms with E-state index < -0.39 is 0 Å². The van der Waals surface area contributed by atoms with Crippen LogP contribution in [0.5, 0.6) is 0 Å². The number of aromatic nitrogens is 1. The summed E-state index contributed by atoms with van der Waals surface area (Å²) in [5.41, 5.74) is 0.584. The second kappa shape index (κ2) is 6.37. The van der Waals surface area contributed by atoms with E-state index in [0.29, 0.717) is 11.4 Å². The van der Waals surface area contributed by atoms with Crippen molar-refractivity contribution in [3.63, 3.8) is 0 Å². The van der Waals surface area contributed by atoms with E-state index in [-0.39, 0.29) is 17.4 Å². The van der Waals surface area contributed by atoms with Crippen LogP contribution < -0.4 is 10.6 Å². The molecule has 1 heterocycles. The van der Waals surface area contributed by atoms with Crippen LogP contribution in [-0.4, -0.2) is 23.5 Å². The van der Waals surface area contributed by atoms with Crippen LogP contribution in [0.15, 0.2) is 16.7 Å². The van der Waals surface area contributed by atoms with E-state index in [1.165, 1.54) is 0 Å². The number of nitrogens with one attached hydrogen (secondary N) is 2. The first-order valence-corrected chi connectivity index (χ1v) is 7.25. The van der Waals surface area contributed by atoms with Gasteiger partial charge in [0, 0.05) is 23.3 Å². The highest BCUT2D eigenvalue weighted by atomic mass is 79.9. The van der Waals surface area contributed by atoms with E-state index in [1.54, 1.807) is 12.3 Å². The minimum Gasteiger partial charge on any atom is -0.370 e. The fraction of sp³-hybridized carbons (Fsp3) is 0.571. The van der Waals surface area contributed by atoms with Gasteiger partial charge in [0.2, 0.25) is 0 Å². The van der Waals surface area contributed by atoms with Gasteiger partial charge in [0.1, 0.15) is 5.82 Å². The van der Waals surface area contributed by atoms with Crippen molar-refractivity contribution in [3.05, 3.63) is 22.3 Å². The molecular formula is C14H22BrN3O. The first-order valence-electron chi connectivity index (χ1n) is 6.46.